The van der Waals surface area contributed by atoms with E-state index in [0.29, 0.717) is 11.1 Å². The minimum Gasteiger partial charge on any atom is -0.304 e. The number of rotatable bonds is 5. The molecule has 0 unspecified atom stereocenters. The van der Waals surface area contributed by atoms with Gasteiger partial charge in [-0.15, -0.1) is 0 Å². The summed E-state index contributed by atoms with van der Waals surface area (Å²) in [6.07, 6.45) is 8.44. The third-order valence-electron chi connectivity index (χ3n) is 4.87. The second kappa shape index (κ2) is 8.03. The molecule has 5 aromatic rings. The number of hydrogen-bond acceptors (Lipinski definition) is 6. The number of nitrogens with one attached hydrogen (secondary N) is 1. The van der Waals surface area contributed by atoms with E-state index in [0.717, 1.165) is 16.6 Å². The lowest BCUT2D eigenvalue weighted by Crippen LogP contribution is -2.13. The number of imidazole rings is 1. The molecular formula is C22H15ClN6O2S. The molecular weight excluding hydrogens is 448 g/mol. The number of sulfonamides is 1. The molecule has 0 saturated carbocycles. The maximum atomic E-state index is 12.7. The van der Waals surface area contributed by atoms with Gasteiger partial charge in [0.1, 0.15) is 0 Å². The molecule has 0 aliphatic heterocycles. The summed E-state index contributed by atoms with van der Waals surface area (Å²) < 4.78 is 29.8. The Bertz CT molecular complexity index is 1520. The van der Waals surface area contributed by atoms with Crippen LogP contribution in [0.5, 0.6) is 0 Å². The van der Waals surface area contributed by atoms with E-state index in [4.69, 9.17) is 11.6 Å². The van der Waals surface area contributed by atoms with Crippen molar-refractivity contribution in [1.82, 2.24) is 24.7 Å². The summed E-state index contributed by atoms with van der Waals surface area (Å²) in [6.45, 7) is 0. The van der Waals surface area contributed by atoms with Gasteiger partial charge in [-0.3, -0.25) is 4.72 Å². The van der Waals surface area contributed by atoms with Crippen LogP contribution in [-0.2, 0) is 10.0 Å². The molecule has 3 aromatic heterocycles. The molecule has 0 fully saturated rings. The smallest absolute Gasteiger partial charge is 0.261 e. The standard InChI is InChI=1S/C22H15ClN6O2S/c23-22-20(28-32(30,31)17-4-2-1-3-5-17)11-16(12-25-22)15-6-7-19-18(10-15)21(13-26-27-19)29-9-8-24-14-29/h1-14,28H. The third kappa shape index (κ3) is 3.79. The van der Waals surface area contributed by atoms with Crippen LogP contribution >= 0.6 is 11.6 Å². The zero-order valence-electron chi connectivity index (χ0n) is 16.4. The second-order valence-corrected chi connectivity index (χ2v) is 8.95. The molecule has 8 nitrogen and oxygen atoms in total. The van der Waals surface area contributed by atoms with Gasteiger partial charge in [0, 0.05) is 29.5 Å². The highest BCUT2D eigenvalue weighted by Crippen LogP contribution is 2.31. The summed E-state index contributed by atoms with van der Waals surface area (Å²) in [7, 11) is -3.81. The number of pyridine rings is 1. The lowest BCUT2D eigenvalue weighted by molar-refractivity contribution is 0.601. The van der Waals surface area contributed by atoms with Crippen LogP contribution < -0.4 is 4.72 Å². The van der Waals surface area contributed by atoms with Crippen LogP contribution in [0.3, 0.4) is 0 Å². The molecule has 10 heteroatoms. The first-order valence-corrected chi connectivity index (χ1v) is 11.3. The number of hydrogen-bond donors (Lipinski definition) is 1. The molecule has 0 atom stereocenters. The van der Waals surface area contributed by atoms with E-state index in [-0.39, 0.29) is 15.7 Å². The van der Waals surface area contributed by atoms with Crippen molar-refractivity contribution >= 4 is 38.2 Å². The Morgan fingerprint density at radius 2 is 1.81 bits per heavy atom. The van der Waals surface area contributed by atoms with Gasteiger partial charge in [-0.25, -0.2) is 18.4 Å². The van der Waals surface area contributed by atoms with E-state index in [9.17, 15) is 8.42 Å². The molecule has 0 spiro atoms. The van der Waals surface area contributed by atoms with E-state index < -0.39 is 10.0 Å². The summed E-state index contributed by atoms with van der Waals surface area (Å²) in [5.41, 5.74) is 3.23. The summed E-state index contributed by atoms with van der Waals surface area (Å²) in [4.78, 5) is 8.41. The van der Waals surface area contributed by atoms with Gasteiger partial charge in [-0.05, 0) is 35.9 Å². The van der Waals surface area contributed by atoms with Crippen molar-refractivity contribution in [3.05, 3.63) is 90.9 Å². The lowest BCUT2D eigenvalue weighted by Gasteiger charge is -2.12. The van der Waals surface area contributed by atoms with E-state index in [2.05, 4.69) is 24.9 Å². The van der Waals surface area contributed by atoms with Gasteiger partial charge in [0.2, 0.25) is 0 Å². The molecule has 0 bridgehead atoms. The van der Waals surface area contributed by atoms with Crippen molar-refractivity contribution < 1.29 is 8.42 Å². The topological polar surface area (TPSA) is 103 Å². The average Bonchev–Trinajstić information content (AvgIpc) is 3.35. The van der Waals surface area contributed by atoms with E-state index >= 15 is 0 Å². The first kappa shape index (κ1) is 20.1. The third-order valence-corrected chi connectivity index (χ3v) is 6.55. The molecule has 0 aliphatic carbocycles. The van der Waals surface area contributed by atoms with Crippen LogP contribution in [0, 0.1) is 0 Å². The zero-order chi connectivity index (χ0) is 22.1. The highest BCUT2D eigenvalue weighted by Gasteiger charge is 2.17. The highest BCUT2D eigenvalue weighted by atomic mass is 35.5. The van der Waals surface area contributed by atoms with Gasteiger partial charge in [0.15, 0.2) is 5.15 Å². The number of fused-ring (bicyclic) bond motifs is 1. The molecule has 0 aliphatic rings. The number of aromatic nitrogens is 5. The first-order chi connectivity index (χ1) is 15.5. The zero-order valence-corrected chi connectivity index (χ0v) is 18.0. The van der Waals surface area contributed by atoms with Crippen molar-refractivity contribution in [2.24, 2.45) is 0 Å². The van der Waals surface area contributed by atoms with Crippen molar-refractivity contribution in [2.75, 3.05) is 4.72 Å². The van der Waals surface area contributed by atoms with E-state index in [1.165, 1.54) is 12.1 Å². The van der Waals surface area contributed by atoms with Crippen LogP contribution in [0.4, 0.5) is 5.69 Å². The van der Waals surface area contributed by atoms with Crippen molar-refractivity contribution in [2.45, 2.75) is 4.90 Å². The molecule has 3 heterocycles. The SMILES string of the molecule is O=S(=O)(Nc1cc(-c2ccc3nncc(-n4ccnc4)c3c2)cnc1Cl)c1ccccc1. The number of halogens is 1. The molecule has 5 rings (SSSR count). The summed E-state index contributed by atoms with van der Waals surface area (Å²) in [6, 6.07) is 15.4. The summed E-state index contributed by atoms with van der Waals surface area (Å²) in [5, 5.41) is 9.16. The molecule has 32 heavy (non-hydrogen) atoms. The Labute approximate surface area is 188 Å². The Balaban J connectivity index is 1.57. The molecule has 158 valence electrons. The molecule has 2 aromatic carbocycles. The van der Waals surface area contributed by atoms with Gasteiger partial charge in [0.25, 0.3) is 10.0 Å². The summed E-state index contributed by atoms with van der Waals surface area (Å²) >= 11 is 6.20. The van der Waals surface area contributed by atoms with Crippen molar-refractivity contribution in [3.63, 3.8) is 0 Å². The second-order valence-electron chi connectivity index (χ2n) is 6.91. The van der Waals surface area contributed by atoms with Gasteiger partial charge >= 0.3 is 0 Å². The summed E-state index contributed by atoms with van der Waals surface area (Å²) in [5.74, 6) is 0. The van der Waals surface area contributed by atoms with Crippen LogP contribution in [0.1, 0.15) is 0 Å². The van der Waals surface area contributed by atoms with Gasteiger partial charge < -0.3 is 4.57 Å². The molecule has 0 amide bonds. The van der Waals surface area contributed by atoms with Gasteiger partial charge in [0.05, 0.1) is 34.3 Å². The maximum absolute atomic E-state index is 12.7. The highest BCUT2D eigenvalue weighted by molar-refractivity contribution is 7.92. The van der Waals surface area contributed by atoms with E-state index in [1.807, 2.05) is 29.0 Å². The van der Waals surface area contributed by atoms with Crippen LogP contribution in [0.25, 0.3) is 27.7 Å². The number of nitrogens with zero attached hydrogens (tertiary/aromatic N) is 5. The Kier molecular flexibility index (Phi) is 5.04. The number of benzene rings is 2. The van der Waals surface area contributed by atoms with Crippen LogP contribution in [0.15, 0.2) is 90.6 Å². The van der Waals surface area contributed by atoms with Crippen LogP contribution in [0.2, 0.25) is 5.15 Å². The molecule has 0 radical (unpaired) electrons. The van der Waals surface area contributed by atoms with Crippen molar-refractivity contribution in [3.8, 4) is 16.8 Å². The van der Waals surface area contributed by atoms with Crippen molar-refractivity contribution in [1.29, 1.82) is 0 Å². The predicted octanol–water partition coefficient (Wildman–Crippen LogP) is 4.33. The minimum absolute atomic E-state index is 0.0546. The van der Waals surface area contributed by atoms with Gasteiger partial charge in [-0.1, -0.05) is 35.9 Å². The lowest BCUT2D eigenvalue weighted by atomic mass is 10.0. The Morgan fingerprint density at radius 3 is 2.59 bits per heavy atom. The average molecular weight is 463 g/mol. The first-order valence-electron chi connectivity index (χ1n) is 9.49. The Hall–Kier alpha value is -3.82. The van der Waals surface area contributed by atoms with Gasteiger partial charge in [-0.2, -0.15) is 10.2 Å². The number of anilines is 1. The normalized spacial score (nSPS) is 11.5. The predicted molar refractivity (Wildman–Crippen MR) is 122 cm³/mol. The minimum atomic E-state index is -3.81. The largest absolute Gasteiger partial charge is 0.304 e. The fourth-order valence-corrected chi connectivity index (χ4v) is 4.60. The van der Waals surface area contributed by atoms with E-state index in [1.54, 1.807) is 49.2 Å². The van der Waals surface area contributed by atoms with Crippen LogP contribution in [-0.4, -0.2) is 33.2 Å². The quantitative estimate of drug-likeness (QED) is 0.390. The maximum Gasteiger partial charge on any atom is 0.261 e. The fraction of sp³-hybridized carbons (Fsp3) is 0. The molecule has 1 N–H and O–H groups in total. The monoisotopic (exact) mass is 462 g/mol. The molecule has 0 saturated heterocycles. The Morgan fingerprint density at radius 1 is 0.969 bits per heavy atom. The fourth-order valence-electron chi connectivity index (χ4n) is 3.31.